The van der Waals surface area contributed by atoms with Crippen molar-refractivity contribution in [2.45, 2.75) is 26.4 Å². The number of nitrogens with zero attached hydrogens (tertiary/aromatic N) is 2. The van der Waals surface area contributed by atoms with Crippen LogP contribution in [0.1, 0.15) is 20.3 Å². The number of methoxy groups -OCH3 is 1. The van der Waals surface area contributed by atoms with Gasteiger partial charge >= 0.3 is 0 Å². The molecule has 1 aliphatic heterocycles. The zero-order valence-corrected chi connectivity index (χ0v) is 17.1. The Labute approximate surface area is 162 Å². The fourth-order valence-electron chi connectivity index (χ4n) is 2.75. The molecule has 0 bridgehead atoms. The van der Waals surface area contributed by atoms with E-state index in [0.717, 1.165) is 18.0 Å². The quantitative estimate of drug-likeness (QED) is 0.477. The molecule has 27 heavy (non-hydrogen) atoms. The van der Waals surface area contributed by atoms with Crippen molar-refractivity contribution in [2.75, 3.05) is 45.6 Å². The third-order valence-corrected chi connectivity index (χ3v) is 6.04. The van der Waals surface area contributed by atoms with E-state index < -0.39 is 10.0 Å². The standard InChI is InChI=1S/C18H30N4O4S/c1-4-19-18(20-9-11-22-10-6-12-27(22,23)24)21-14-15(2)26-17-8-5-7-16(13-17)25-3/h5,7-8,13,15H,4,6,9-12,14H2,1-3H3,(H2,19,20,21). The van der Waals surface area contributed by atoms with E-state index in [1.54, 1.807) is 7.11 Å². The van der Waals surface area contributed by atoms with Gasteiger partial charge in [0.2, 0.25) is 10.0 Å². The lowest BCUT2D eigenvalue weighted by Gasteiger charge is -2.17. The largest absolute Gasteiger partial charge is 0.497 e. The summed E-state index contributed by atoms with van der Waals surface area (Å²) in [5.74, 6) is 2.37. The number of nitrogens with one attached hydrogen (secondary N) is 2. The number of sulfonamides is 1. The van der Waals surface area contributed by atoms with Gasteiger partial charge in [0.1, 0.15) is 17.6 Å². The van der Waals surface area contributed by atoms with E-state index in [9.17, 15) is 8.42 Å². The minimum Gasteiger partial charge on any atom is -0.497 e. The van der Waals surface area contributed by atoms with Crippen molar-refractivity contribution < 1.29 is 17.9 Å². The summed E-state index contributed by atoms with van der Waals surface area (Å²) < 4.78 is 36.2. The van der Waals surface area contributed by atoms with Gasteiger partial charge in [-0.2, -0.15) is 0 Å². The molecule has 0 aromatic heterocycles. The molecule has 0 radical (unpaired) electrons. The van der Waals surface area contributed by atoms with Crippen molar-refractivity contribution in [2.24, 2.45) is 4.99 Å². The van der Waals surface area contributed by atoms with Gasteiger partial charge in [0.25, 0.3) is 0 Å². The number of guanidine groups is 1. The van der Waals surface area contributed by atoms with Crippen molar-refractivity contribution in [3.05, 3.63) is 24.3 Å². The Bertz CT molecular complexity index is 724. The maximum atomic E-state index is 11.8. The van der Waals surface area contributed by atoms with Gasteiger partial charge in [0.15, 0.2) is 5.96 Å². The number of rotatable bonds is 9. The van der Waals surface area contributed by atoms with Gasteiger partial charge in [-0.15, -0.1) is 0 Å². The van der Waals surface area contributed by atoms with Crippen LogP contribution in [0.2, 0.25) is 0 Å². The van der Waals surface area contributed by atoms with Crippen LogP contribution in [-0.2, 0) is 10.0 Å². The highest BCUT2D eigenvalue weighted by molar-refractivity contribution is 7.89. The molecule has 152 valence electrons. The van der Waals surface area contributed by atoms with E-state index in [0.29, 0.717) is 38.6 Å². The normalized spacial score (nSPS) is 18.1. The van der Waals surface area contributed by atoms with Gasteiger partial charge in [-0.1, -0.05) is 6.07 Å². The van der Waals surface area contributed by atoms with Crippen molar-refractivity contribution in [1.29, 1.82) is 0 Å². The second-order valence-corrected chi connectivity index (χ2v) is 8.41. The Morgan fingerprint density at radius 2 is 2.11 bits per heavy atom. The average molecular weight is 399 g/mol. The van der Waals surface area contributed by atoms with Crippen LogP contribution < -0.4 is 20.1 Å². The highest BCUT2D eigenvalue weighted by Crippen LogP contribution is 2.20. The molecule has 0 aliphatic carbocycles. The Kier molecular flexibility index (Phi) is 8.18. The SMILES string of the molecule is CCNC(=NCC(C)Oc1cccc(OC)c1)NCCN1CCCS1(=O)=O. The predicted octanol–water partition coefficient (Wildman–Crippen LogP) is 1.05. The van der Waals surface area contributed by atoms with Crippen LogP contribution >= 0.6 is 0 Å². The molecule has 0 spiro atoms. The number of benzene rings is 1. The fraction of sp³-hybridized carbons (Fsp3) is 0.611. The first kappa shape index (κ1) is 21.3. The molecule has 2 rings (SSSR count). The first-order valence-corrected chi connectivity index (χ1v) is 10.9. The Balaban J connectivity index is 1.82. The first-order chi connectivity index (χ1) is 12.9. The van der Waals surface area contributed by atoms with Gasteiger partial charge in [-0.3, -0.25) is 0 Å². The molecule has 1 unspecified atom stereocenters. The van der Waals surface area contributed by atoms with E-state index in [1.165, 1.54) is 4.31 Å². The summed E-state index contributed by atoms with van der Waals surface area (Å²) in [5, 5.41) is 6.34. The summed E-state index contributed by atoms with van der Waals surface area (Å²) >= 11 is 0. The molecular formula is C18H30N4O4S. The smallest absolute Gasteiger partial charge is 0.214 e. The topological polar surface area (TPSA) is 92.3 Å². The van der Waals surface area contributed by atoms with Gasteiger partial charge in [-0.25, -0.2) is 17.7 Å². The summed E-state index contributed by atoms with van der Waals surface area (Å²) in [4.78, 5) is 4.52. The van der Waals surface area contributed by atoms with Crippen LogP contribution in [-0.4, -0.2) is 70.4 Å². The van der Waals surface area contributed by atoms with Crippen LogP contribution in [0.15, 0.2) is 29.3 Å². The molecule has 1 aromatic carbocycles. The maximum absolute atomic E-state index is 11.8. The molecule has 2 N–H and O–H groups in total. The average Bonchev–Trinajstić information content (AvgIpc) is 2.98. The summed E-state index contributed by atoms with van der Waals surface area (Å²) in [5.41, 5.74) is 0. The zero-order valence-electron chi connectivity index (χ0n) is 16.3. The fourth-order valence-corrected chi connectivity index (χ4v) is 4.28. The number of hydrogen-bond donors (Lipinski definition) is 2. The van der Waals surface area contributed by atoms with Gasteiger partial charge in [0, 0.05) is 32.2 Å². The number of hydrogen-bond acceptors (Lipinski definition) is 5. The van der Waals surface area contributed by atoms with E-state index in [2.05, 4.69) is 15.6 Å². The minimum absolute atomic E-state index is 0.119. The molecule has 0 saturated carbocycles. The monoisotopic (exact) mass is 398 g/mol. The van der Waals surface area contributed by atoms with Crippen LogP contribution in [0.25, 0.3) is 0 Å². The Hall–Kier alpha value is -2.00. The molecule has 1 aliphatic rings. The third-order valence-electron chi connectivity index (χ3n) is 4.09. The molecule has 1 fully saturated rings. The van der Waals surface area contributed by atoms with Gasteiger partial charge in [-0.05, 0) is 32.4 Å². The molecule has 1 heterocycles. The van der Waals surface area contributed by atoms with Crippen LogP contribution in [0.4, 0.5) is 0 Å². The summed E-state index contributed by atoms with van der Waals surface area (Å²) in [6.45, 7) is 6.68. The Morgan fingerprint density at radius 1 is 1.33 bits per heavy atom. The zero-order chi connectivity index (χ0) is 19.7. The molecule has 1 saturated heterocycles. The van der Waals surface area contributed by atoms with E-state index in [1.807, 2.05) is 38.1 Å². The van der Waals surface area contributed by atoms with Crippen LogP contribution in [0, 0.1) is 0 Å². The van der Waals surface area contributed by atoms with E-state index in [-0.39, 0.29) is 11.9 Å². The maximum Gasteiger partial charge on any atom is 0.214 e. The first-order valence-electron chi connectivity index (χ1n) is 9.25. The molecule has 1 atom stereocenters. The molecule has 0 amide bonds. The number of ether oxygens (including phenoxy) is 2. The molecule has 9 heteroatoms. The summed E-state index contributed by atoms with van der Waals surface area (Å²) in [6, 6.07) is 7.45. The lowest BCUT2D eigenvalue weighted by molar-refractivity contribution is 0.229. The number of aliphatic imine (C=N–C) groups is 1. The van der Waals surface area contributed by atoms with E-state index >= 15 is 0 Å². The second-order valence-electron chi connectivity index (χ2n) is 6.32. The molecular weight excluding hydrogens is 368 g/mol. The Morgan fingerprint density at radius 3 is 2.78 bits per heavy atom. The summed E-state index contributed by atoms with van der Waals surface area (Å²) in [7, 11) is -1.44. The van der Waals surface area contributed by atoms with Crippen molar-refractivity contribution in [3.63, 3.8) is 0 Å². The second kappa shape index (κ2) is 10.4. The van der Waals surface area contributed by atoms with Crippen molar-refractivity contribution >= 4 is 16.0 Å². The van der Waals surface area contributed by atoms with E-state index in [4.69, 9.17) is 9.47 Å². The van der Waals surface area contributed by atoms with Gasteiger partial charge in [0.05, 0.1) is 19.4 Å². The third kappa shape index (κ3) is 6.91. The summed E-state index contributed by atoms with van der Waals surface area (Å²) in [6.07, 6.45) is 0.585. The minimum atomic E-state index is -3.06. The lowest BCUT2D eigenvalue weighted by Crippen LogP contribution is -2.42. The van der Waals surface area contributed by atoms with Crippen LogP contribution in [0.3, 0.4) is 0 Å². The highest BCUT2D eigenvalue weighted by Gasteiger charge is 2.27. The van der Waals surface area contributed by atoms with Crippen molar-refractivity contribution in [3.8, 4) is 11.5 Å². The predicted molar refractivity (Wildman–Crippen MR) is 107 cm³/mol. The lowest BCUT2D eigenvalue weighted by atomic mass is 10.3. The molecule has 1 aromatic rings. The molecule has 8 nitrogen and oxygen atoms in total. The van der Waals surface area contributed by atoms with Gasteiger partial charge < -0.3 is 20.1 Å². The van der Waals surface area contributed by atoms with Crippen LogP contribution in [0.5, 0.6) is 11.5 Å². The highest BCUT2D eigenvalue weighted by atomic mass is 32.2. The van der Waals surface area contributed by atoms with Crippen molar-refractivity contribution in [1.82, 2.24) is 14.9 Å².